The molecule has 1 aromatic heterocycles. The average molecular weight is 388 g/mol. The molecule has 1 aliphatic rings. The lowest BCUT2D eigenvalue weighted by atomic mass is 9.98. The Bertz CT molecular complexity index is 981. The fraction of sp³-hybridized carbons (Fsp3) is 0.450. The van der Waals surface area contributed by atoms with E-state index in [4.69, 9.17) is 14.2 Å². The molecule has 8 nitrogen and oxygen atoms in total. The van der Waals surface area contributed by atoms with Crippen LogP contribution >= 0.6 is 0 Å². The van der Waals surface area contributed by atoms with Crippen LogP contribution in [0.15, 0.2) is 23.1 Å². The molecule has 2 atom stereocenters. The molecular weight excluding hydrogens is 364 g/mol. The Kier molecular flexibility index (Phi) is 5.58. The zero-order valence-corrected chi connectivity index (χ0v) is 16.4. The number of hydrogen-bond donors (Lipinski definition) is 1. The second-order valence-electron chi connectivity index (χ2n) is 6.74. The van der Waals surface area contributed by atoms with E-state index in [1.807, 2.05) is 20.8 Å². The van der Waals surface area contributed by atoms with Gasteiger partial charge in [0, 0.05) is 18.8 Å². The zero-order valence-electron chi connectivity index (χ0n) is 16.4. The Hall–Kier alpha value is -3.03. The lowest BCUT2D eigenvalue weighted by molar-refractivity contribution is -0.144. The van der Waals surface area contributed by atoms with Crippen molar-refractivity contribution in [3.05, 3.63) is 34.1 Å². The summed E-state index contributed by atoms with van der Waals surface area (Å²) >= 11 is 0. The van der Waals surface area contributed by atoms with Gasteiger partial charge in [-0.3, -0.25) is 9.59 Å². The molecule has 3 rings (SSSR count). The molecule has 2 aromatic rings. The van der Waals surface area contributed by atoms with Crippen molar-refractivity contribution in [3.63, 3.8) is 0 Å². The number of amides is 1. The molecule has 1 amide bonds. The van der Waals surface area contributed by atoms with Crippen LogP contribution in [0.3, 0.4) is 0 Å². The smallest absolute Gasteiger partial charge is 0.328 e. The van der Waals surface area contributed by atoms with Crippen molar-refractivity contribution in [2.24, 2.45) is 5.92 Å². The molecule has 150 valence electrons. The van der Waals surface area contributed by atoms with Gasteiger partial charge in [-0.05, 0) is 18.9 Å². The first kappa shape index (κ1) is 19.7. The van der Waals surface area contributed by atoms with Crippen LogP contribution in [0.5, 0.6) is 11.5 Å². The maximum atomic E-state index is 13.0. The van der Waals surface area contributed by atoms with Crippen molar-refractivity contribution in [1.29, 1.82) is 0 Å². The minimum atomic E-state index is -0.829. The summed E-state index contributed by atoms with van der Waals surface area (Å²) in [6.07, 6.45) is 2.17. The van der Waals surface area contributed by atoms with Crippen LogP contribution in [0, 0.1) is 5.92 Å². The van der Waals surface area contributed by atoms with Gasteiger partial charge in [0.05, 0.1) is 18.0 Å². The number of fused-ring (bicyclic) bond motifs is 2. The summed E-state index contributed by atoms with van der Waals surface area (Å²) in [5.74, 6) is -0.255. The molecule has 0 unspecified atom stereocenters. The van der Waals surface area contributed by atoms with Gasteiger partial charge in [0.15, 0.2) is 11.5 Å². The van der Waals surface area contributed by atoms with Crippen LogP contribution in [0.1, 0.15) is 37.6 Å². The van der Waals surface area contributed by atoms with Crippen molar-refractivity contribution >= 4 is 22.8 Å². The summed E-state index contributed by atoms with van der Waals surface area (Å²) in [6, 6.07) is 2.50. The van der Waals surface area contributed by atoms with Crippen LogP contribution < -0.4 is 20.2 Å². The van der Waals surface area contributed by atoms with E-state index < -0.39 is 23.3 Å². The maximum absolute atomic E-state index is 13.0. The molecule has 1 N–H and O–H groups in total. The predicted molar refractivity (Wildman–Crippen MR) is 103 cm³/mol. The normalized spacial score (nSPS) is 14.6. The highest BCUT2D eigenvalue weighted by Gasteiger charge is 2.28. The molecule has 0 saturated heterocycles. The van der Waals surface area contributed by atoms with Crippen LogP contribution in [0.4, 0.5) is 0 Å². The molecule has 0 bridgehead atoms. The molecule has 0 radical (unpaired) electrons. The van der Waals surface area contributed by atoms with E-state index >= 15 is 0 Å². The van der Waals surface area contributed by atoms with Crippen molar-refractivity contribution in [3.8, 4) is 11.5 Å². The highest BCUT2D eigenvalue weighted by Crippen LogP contribution is 2.35. The number of aromatic nitrogens is 1. The van der Waals surface area contributed by atoms with Gasteiger partial charge < -0.3 is 24.1 Å². The monoisotopic (exact) mass is 388 g/mol. The number of pyridine rings is 1. The number of ether oxygens (including phenoxy) is 3. The van der Waals surface area contributed by atoms with Crippen LogP contribution in [-0.4, -0.2) is 36.4 Å². The second-order valence-corrected chi connectivity index (χ2v) is 6.74. The summed E-state index contributed by atoms with van der Waals surface area (Å²) in [6.45, 7) is 6.30. The van der Waals surface area contributed by atoms with E-state index in [2.05, 4.69) is 5.32 Å². The van der Waals surface area contributed by atoms with Crippen molar-refractivity contribution in [2.75, 3.05) is 13.9 Å². The lowest BCUT2D eigenvalue weighted by Crippen LogP contribution is -2.46. The summed E-state index contributed by atoms with van der Waals surface area (Å²) in [5, 5.41) is 3.02. The van der Waals surface area contributed by atoms with Gasteiger partial charge in [-0.15, -0.1) is 0 Å². The Labute approximate surface area is 162 Å². The number of carbonyl (C=O) groups excluding carboxylic acids is 2. The molecular formula is C20H24N2O6. The quantitative estimate of drug-likeness (QED) is 0.761. The SMILES string of the molecule is CC[C@@H](C)[C@H](NC(=O)c1cn(CC)c2cc3c(cc2c1=O)OCO3)C(=O)OC. The molecule has 8 heteroatoms. The van der Waals surface area contributed by atoms with Crippen molar-refractivity contribution in [1.82, 2.24) is 9.88 Å². The molecule has 0 aliphatic carbocycles. The van der Waals surface area contributed by atoms with Crippen molar-refractivity contribution in [2.45, 2.75) is 39.8 Å². The highest BCUT2D eigenvalue weighted by atomic mass is 16.7. The summed E-state index contributed by atoms with van der Waals surface area (Å²) in [5.41, 5.74) is 0.188. The third kappa shape index (κ3) is 3.42. The molecule has 28 heavy (non-hydrogen) atoms. The summed E-state index contributed by atoms with van der Waals surface area (Å²) in [4.78, 5) is 38.0. The Morgan fingerprint density at radius 3 is 2.54 bits per heavy atom. The van der Waals surface area contributed by atoms with E-state index in [1.54, 1.807) is 16.7 Å². The fourth-order valence-electron chi connectivity index (χ4n) is 3.22. The number of methoxy groups -OCH3 is 1. The number of aryl methyl sites for hydroxylation is 1. The number of carbonyl (C=O) groups is 2. The highest BCUT2D eigenvalue weighted by molar-refractivity contribution is 5.99. The van der Waals surface area contributed by atoms with Gasteiger partial charge in [-0.1, -0.05) is 20.3 Å². The number of hydrogen-bond acceptors (Lipinski definition) is 6. The van der Waals surface area contributed by atoms with Gasteiger partial charge in [-0.2, -0.15) is 0 Å². The summed E-state index contributed by atoms with van der Waals surface area (Å²) < 4.78 is 17.3. The third-order valence-corrected chi connectivity index (χ3v) is 5.11. The van der Waals surface area contributed by atoms with Gasteiger partial charge >= 0.3 is 5.97 Å². The topological polar surface area (TPSA) is 95.9 Å². The number of rotatable bonds is 6. The first-order chi connectivity index (χ1) is 13.4. The summed E-state index contributed by atoms with van der Waals surface area (Å²) in [7, 11) is 1.27. The van der Waals surface area contributed by atoms with Gasteiger partial charge in [0.1, 0.15) is 11.6 Å². The van der Waals surface area contributed by atoms with Crippen LogP contribution in [0.25, 0.3) is 10.9 Å². The van der Waals surface area contributed by atoms with Gasteiger partial charge in [0.25, 0.3) is 5.91 Å². The lowest BCUT2D eigenvalue weighted by Gasteiger charge is -2.22. The van der Waals surface area contributed by atoms with Crippen LogP contribution in [0.2, 0.25) is 0 Å². The Balaban J connectivity index is 2.06. The Morgan fingerprint density at radius 2 is 1.93 bits per heavy atom. The predicted octanol–water partition coefficient (Wildman–Crippen LogP) is 2.07. The number of benzene rings is 1. The number of nitrogens with zero attached hydrogens (tertiary/aromatic N) is 1. The second kappa shape index (κ2) is 7.92. The first-order valence-corrected chi connectivity index (χ1v) is 9.26. The van der Waals surface area contributed by atoms with Crippen LogP contribution in [-0.2, 0) is 16.1 Å². The number of nitrogens with one attached hydrogen (secondary N) is 1. The molecule has 0 saturated carbocycles. The van der Waals surface area contributed by atoms with E-state index in [0.29, 0.717) is 35.4 Å². The molecule has 2 heterocycles. The zero-order chi connectivity index (χ0) is 20.4. The minimum Gasteiger partial charge on any atom is -0.467 e. The largest absolute Gasteiger partial charge is 0.467 e. The van der Waals surface area contributed by atoms with Crippen molar-refractivity contribution < 1.29 is 23.8 Å². The molecule has 0 spiro atoms. The third-order valence-electron chi connectivity index (χ3n) is 5.11. The molecule has 1 aromatic carbocycles. The van der Waals surface area contributed by atoms with Gasteiger partial charge in [-0.25, -0.2) is 4.79 Å². The number of esters is 1. The van der Waals surface area contributed by atoms with E-state index in [9.17, 15) is 14.4 Å². The van der Waals surface area contributed by atoms with E-state index in [0.717, 1.165) is 0 Å². The maximum Gasteiger partial charge on any atom is 0.328 e. The standard InChI is InChI=1S/C20H24N2O6/c1-5-11(3)17(20(25)26-4)21-19(24)13-9-22(6-2)14-8-16-15(27-10-28-16)7-12(14)18(13)23/h7-9,11,17H,5-6,10H2,1-4H3,(H,21,24)/t11-,17+/m1/s1. The molecule has 0 fully saturated rings. The fourth-order valence-corrected chi connectivity index (χ4v) is 3.22. The first-order valence-electron chi connectivity index (χ1n) is 9.26. The molecule has 1 aliphatic heterocycles. The van der Waals surface area contributed by atoms with E-state index in [1.165, 1.54) is 13.3 Å². The average Bonchev–Trinajstić information content (AvgIpc) is 3.17. The van der Waals surface area contributed by atoms with Gasteiger partial charge in [0.2, 0.25) is 12.2 Å². The minimum absolute atomic E-state index is 0.0366. The Morgan fingerprint density at radius 1 is 1.25 bits per heavy atom. The van der Waals surface area contributed by atoms with E-state index in [-0.39, 0.29) is 18.3 Å².